The molecule has 1 aromatic heterocycles. The Labute approximate surface area is 181 Å². The number of ether oxygens (including phenoxy) is 2. The van der Waals surface area contributed by atoms with Gasteiger partial charge in [-0.3, -0.25) is 14.2 Å². The van der Waals surface area contributed by atoms with Gasteiger partial charge in [-0.2, -0.15) is 0 Å². The van der Waals surface area contributed by atoms with Gasteiger partial charge in [0.2, 0.25) is 5.91 Å². The average molecular weight is 441 g/mol. The fourth-order valence-corrected chi connectivity index (χ4v) is 6.73. The Morgan fingerprint density at radius 1 is 1.27 bits per heavy atom. The highest BCUT2D eigenvalue weighted by Gasteiger charge is 2.39. The molecule has 1 amide bonds. The van der Waals surface area contributed by atoms with Crippen molar-refractivity contribution in [2.45, 2.75) is 17.5 Å². The third-order valence-electron chi connectivity index (χ3n) is 5.42. The van der Waals surface area contributed by atoms with Crippen molar-refractivity contribution < 1.29 is 14.3 Å². The Morgan fingerprint density at radius 2 is 2.13 bits per heavy atom. The van der Waals surface area contributed by atoms with Gasteiger partial charge in [-0.1, -0.05) is 35.6 Å². The van der Waals surface area contributed by atoms with Gasteiger partial charge in [-0.25, -0.2) is 0 Å². The molecule has 3 aromatic rings. The molecule has 2 aliphatic heterocycles. The quantitative estimate of drug-likeness (QED) is 0.668. The number of nitrogens with one attached hydrogen (secondary N) is 1. The summed E-state index contributed by atoms with van der Waals surface area (Å²) < 4.78 is 12.7. The summed E-state index contributed by atoms with van der Waals surface area (Å²) in [4.78, 5) is 26.4. The molecule has 1 N–H and O–H groups in total. The first kappa shape index (κ1) is 19.3. The number of aromatic nitrogens is 1. The van der Waals surface area contributed by atoms with Gasteiger partial charge in [0.15, 0.2) is 0 Å². The third kappa shape index (κ3) is 3.40. The minimum Gasteiger partial charge on any atom is -0.497 e. The lowest BCUT2D eigenvalue weighted by atomic mass is 9.84. The van der Waals surface area contributed by atoms with Crippen LogP contribution in [0.5, 0.6) is 11.5 Å². The second-order valence-electron chi connectivity index (χ2n) is 7.30. The summed E-state index contributed by atoms with van der Waals surface area (Å²) in [6.07, 6.45) is 0. The van der Waals surface area contributed by atoms with E-state index in [0.29, 0.717) is 24.0 Å². The number of hydrogen-bond donors (Lipinski definition) is 1. The highest BCUT2D eigenvalue weighted by Crippen LogP contribution is 2.50. The first-order valence-electron chi connectivity index (χ1n) is 9.66. The molecular weight excluding hydrogens is 420 g/mol. The standard InChI is InChI=1S/C22H20N2O4S2/c1-27-15-6-4-5-14(9-15)23-18(25)10-24-21-20(30-22(24)26)19-13(12-29-21)11-28-17-8-3-2-7-16(17)19/h2-9,13,19H,10-12H2,1H3,(H,23,25). The van der Waals surface area contributed by atoms with E-state index < -0.39 is 0 Å². The molecule has 0 aliphatic carbocycles. The fraction of sp³-hybridized carbons (Fsp3) is 0.273. The van der Waals surface area contributed by atoms with Gasteiger partial charge in [0.1, 0.15) is 18.0 Å². The van der Waals surface area contributed by atoms with Crippen molar-refractivity contribution in [2.24, 2.45) is 5.92 Å². The lowest BCUT2D eigenvalue weighted by Gasteiger charge is -2.36. The monoisotopic (exact) mass is 440 g/mol. The summed E-state index contributed by atoms with van der Waals surface area (Å²) in [5.41, 5.74) is 1.77. The van der Waals surface area contributed by atoms with Gasteiger partial charge in [0, 0.05) is 39.8 Å². The predicted molar refractivity (Wildman–Crippen MR) is 118 cm³/mol. The summed E-state index contributed by atoms with van der Waals surface area (Å²) >= 11 is 2.90. The highest BCUT2D eigenvalue weighted by atomic mass is 32.2. The van der Waals surface area contributed by atoms with Gasteiger partial charge in [-0.15, -0.1) is 11.8 Å². The molecule has 0 spiro atoms. The third-order valence-corrected chi connectivity index (χ3v) is 7.92. The molecule has 0 saturated carbocycles. The molecular formula is C22H20N2O4S2. The second-order valence-corrected chi connectivity index (χ2v) is 9.30. The van der Waals surface area contributed by atoms with Crippen LogP contribution in [-0.4, -0.2) is 29.9 Å². The van der Waals surface area contributed by atoms with E-state index in [1.54, 1.807) is 35.6 Å². The van der Waals surface area contributed by atoms with Crippen LogP contribution in [0.4, 0.5) is 5.69 Å². The number of carbonyl (C=O) groups excluding carboxylic acids is 1. The number of benzene rings is 2. The molecule has 3 heterocycles. The molecule has 2 aromatic carbocycles. The van der Waals surface area contributed by atoms with Crippen molar-refractivity contribution in [3.05, 3.63) is 68.6 Å². The number of nitrogens with zero attached hydrogens (tertiary/aromatic N) is 1. The van der Waals surface area contributed by atoms with Crippen LogP contribution in [0.25, 0.3) is 0 Å². The van der Waals surface area contributed by atoms with Gasteiger partial charge in [-0.05, 0) is 18.2 Å². The van der Waals surface area contributed by atoms with Crippen LogP contribution in [0, 0.1) is 5.92 Å². The molecule has 154 valence electrons. The van der Waals surface area contributed by atoms with Gasteiger partial charge in [0.05, 0.1) is 18.7 Å². The summed E-state index contributed by atoms with van der Waals surface area (Å²) in [6.45, 7) is 0.640. The molecule has 2 unspecified atom stereocenters. The predicted octanol–water partition coefficient (Wildman–Crippen LogP) is 3.80. The highest BCUT2D eigenvalue weighted by molar-refractivity contribution is 7.99. The Balaban J connectivity index is 1.43. The van der Waals surface area contributed by atoms with E-state index in [1.807, 2.05) is 30.3 Å². The maximum Gasteiger partial charge on any atom is 0.308 e. The Bertz CT molecular complexity index is 1170. The number of fused-ring (bicyclic) bond motifs is 5. The largest absolute Gasteiger partial charge is 0.497 e. The minimum atomic E-state index is -0.235. The zero-order valence-corrected chi connectivity index (χ0v) is 17.9. The summed E-state index contributed by atoms with van der Waals surface area (Å²) in [5.74, 6) is 2.65. The van der Waals surface area contributed by atoms with E-state index in [4.69, 9.17) is 9.47 Å². The number of hydrogen-bond acceptors (Lipinski definition) is 6. The molecule has 0 bridgehead atoms. The number of methoxy groups -OCH3 is 1. The van der Waals surface area contributed by atoms with E-state index in [1.165, 1.54) is 11.3 Å². The zero-order chi connectivity index (χ0) is 20.7. The lowest BCUT2D eigenvalue weighted by molar-refractivity contribution is -0.116. The van der Waals surface area contributed by atoms with Gasteiger partial charge >= 0.3 is 4.87 Å². The van der Waals surface area contributed by atoms with Crippen LogP contribution >= 0.6 is 23.1 Å². The minimum absolute atomic E-state index is 0.00951. The average Bonchev–Trinajstić information content (AvgIpc) is 3.08. The smallest absolute Gasteiger partial charge is 0.308 e. The molecule has 2 atom stereocenters. The van der Waals surface area contributed by atoms with E-state index in [0.717, 1.165) is 27.0 Å². The number of amides is 1. The Hall–Kier alpha value is -2.71. The van der Waals surface area contributed by atoms with Crippen molar-refractivity contribution in [2.75, 3.05) is 24.8 Å². The summed E-state index contributed by atoms with van der Waals surface area (Å²) in [7, 11) is 1.58. The first-order chi connectivity index (χ1) is 14.6. The van der Waals surface area contributed by atoms with Crippen molar-refractivity contribution in [1.82, 2.24) is 4.57 Å². The second kappa shape index (κ2) is 7.85. The molecule has 0 saturated heterocycles. The van der Waals surface area contributed by atoms with Crippen molar-refractivity contribution in [3.8, 4) is 11.5 Å². The van der Waals surface area contributed by atoms with Crippen LogP contribution in [0.3, 0.4) is 0 Å². The van der Waals surface area contributed by atoms with Crippen LogP contribution in [0.1, 0.15) is 16.4 Å². The maximum atomic E-state index is 12.8. The van der Waals surface area contributed by atoms with Crippen LogP contribution < -0.4 is 19.7 Å². The maximum absolute atomic E-state index is 12.8. The SMILES string of the molecule is COc1cccc(NC(=O)Cn2c3c(sc2=O)C2c4ccccc4OCC2CS3)c1. The van der Waals surface area contributed by atoms with Crippen LogP contribution in [-0.2, 0) is 11.3 Å². The summed E-state index contributed by atoms with van der Waals surface area (Å²) in [5, 5.41) is 3.76. The zero-order valence-electron chi connectivity index (χ0n) is 16.3. The van der Waals surface area contributed by atoms with Crippen molar-refractivity contribution in [1.29, 1.82) is 0 Å². The molecule has 0 radical (unpaired) electrons. The molecule has 0 fully saturated rings. The number of rotatable bonds is 4. The molecule has 2 aliphatic rings. The fourth-order valence-electron chi connectivity index (χ4n) is 4.04. The number of carbonyl (C=O) groups is 1. The number of thiazole rings is 1. The van der Waals surface area contributed by atoms with Crippen molar-refractivity contribution in [3.63, 3.8) is 0 Å². The molecule has 6 nitrogen and oxygen atoms in total. The first-order valence-corrected chi connectivity index (χ1v) is 11.5. The number of anilines is 1. The lowest BCUT2D eigenvalue weighted by Crippen LogP contribution is -2.31. The molecule has 30 heavy (non-hydrogen) atoms. The van der Waals surface area contributed by atoms with Crippen molar-refractivity contribution >= 4 is 34.7 Å². The van der Waals surface area contributed by atoms with Crippen LogP contribution in [0.15, 0.2) is 58.4 Å². The van der Waals surface area contributed by atoms with E-state index in [9.17, 15) is 9.59 Å². The Kier molecular flexibility index (Phi) is 5.04. The molecule has 5 rings (SSSR count). The van der Waals surface area contributed by atoms with Gasteiger partial charge < -0.3 is 14.8 Å². The van der Waals surface area contributed by atoms with E-state index in [-0.39, 0.29) is 23.2 Å². The van der Waals surface area contributed by atoms with E-state index in [2.05, 4.69) is 11.4 Å². The topological polar surface area (TPSA) is 69.6 Å². The molecule has 8 heteroatoms. The number of thioether (sulfide) groups is 1. The van der Waals surface area contributed by atoms with E-state index >= 15 is 0 Å². The summed E-state index contributed by atoms with van der Waals surface area (Å²) in [6, 6.07) is 15.2. The van der Waals surface area contributed by atoms with Crippen LogP contribution in [0.2, 0.25) is 0 Å². The Morgan fingerprint density at radius 3 is 3.00 bits per heavy atom. The normalized spacial score (nSPS) is 19.1. The van der Waals surface area contributed by atoms with Gasteiger partial charge in [0.25, 0.3) is 0 Å². The number of para-hydroxylation sites is 1.